The molecule has 1 aliphatic carbocycles. The second kappa shape index (κ2) is 17.7. The number of benzene rings is 9. The number of rotatable bonds is 6. The summed E-state index contributed by atoms with van der Waals surface area (Å²) in [7, 11) is 0. The van der Waals surface area contributed by atoms with Crippen molar-refractivity contribution in [2.45, 2.75) is 124 Å². The molecule has 3 aliphatic rings. The van der Waals surface area contributed by atoms with Gasteiger partial charge in [-0.15, -0.1) is 0 Å². The maximum atomic E-state index is 2.64. The van der Waals surface area contributed by atoms with Gasteiger partial charge in [0.05, 0.1) is 5.69 Å². The van der Waals surface area contributed by atoms with Crippen LogP contribution < -0.4 is 31.1 Å². The van der Waals surface area contributed by atoms with Gasteiger partial charge in [-0.1, -0.05) is 218 Å². The summed E-state index contributed by atoms with van der Waals surface area (Å²) in [6, 6.07) is 74.7. The third-order valence-electron chi connectivity index (χ3n) is 17.1. The van der Waals surface area contributed by atoms with E-state index in [1.54, 1.807) is 0 Å². The van der Waals surface area contributed by atoms with Gasteiger partial charge < -0.3 is 14.7 Å². The monoisotopic (exact) mass is 1000 g/mol. The van der Waals surface area contributed by atoms with Crippen molar-refractivity contribution in [3.63, 3.8) is 0 Å². The van der Waals surface area contributed by atoms with Gasteiger partial charge in [-0.3, -0.25) is 0 Å². The van der Waals surface area contributed by atoms with Gasteiger partial charge in [0.1, 0.15) is 0 Å². The Morgan fingerprint density at radius 2 is 0.896 bits per heavy atom. The Bertz CT molecular complexity index is 3760. The van der Waals surface area contributed by atoms with E-state index in [0.29, 0.717) is 0 Å². The summed E-state index contributed by atoms with van der Waals surface area (Å²) < 4.78 is 0. The van der Waals surface area contributed by atoms with Crippen LogP contribution in [0.15, 0.2) is 194 Å². The number of para-hydroxylation sites is 2. The molecule has 0 saturated carbocycles. The van der Waals surface area contributed by atoms with E-state index in [2.05, 4.69) is 306 Å². The molecule has 9 aromatic rings. The quantitative estimate of drug-likeness (QED) is 0.154. The van der Waals surface area contributed by atoms with E-state index >= 15 is 0 Å². The van der Waals surface area contributed by atoms with Crippen molar-refractivity contribution in [3.05, 3.63) is 228 Å². The number of hydrogen-bond acceptors (Lipinski definition) is 3. The summed E-state index contributed by atoms with van der Waals surface area (Å²) in [6.07, 6.45) is 0. The Labute approximate surface area is 460 Å². The maximum Gasteiger partial charge on any atom is 0.252 e. The highest BCUT2D eigenvalue weighted by molar-refractivity contribution is 7.00. The molecular formula is C73H74BN3. The van der Waals surface area contributed by atoms with Gasteiger partial charge in [-0.2, -0.15) is 0 Å². The molecule has 0 unspecified atom stereocenters. The molecule has 0 amide bonds. The molecule has 2 aliphatic heterocycles. The second-order valence-corrected chi connectivity index (χ2v) is 26.8. The van der Waals surface area contributed by atoms with Gasteiger partial charge in [-0.25, -0.2) is 0 Å². The zero-order valence-corrected chi connectivity index (χ0v) is 47.9. The normalized spacial score (nSPS) is 14.4. The van der Waals surface area contributed by atoms with Gasteiger partial charge in [-0.05, 0) is 161 Å². The molecule has 77 heavy (non-hydrogen) atoms. The lowest BCUT2D eigenvalue weighted by Crippen LogP contribution is -2.61. The van der Waals surface area contributed by atoms with Crippen molar-refractivity contribution in [2.24, 2.45) is 0 Å². The van der Waals surface area contributed by atoms with Crippen LogP contribution in [0, 0.1) is 0 Å². The zero-order chi connectivity index (χ0) is 54.1. The first kappa shape index (κ1) is 50.3. The van der Waals surface area contributed by atoms with Gasteiger partial charge >= 0.3 is 0 Å². The summed E-state index contributed by atoms with van der Waals surface area (Å²) in [5.41, 5.74) is 27.3. The minimum atomic E-state index is -0.160. The smallest absolute Gasteiger partial charge is 0.252 e. The third kappa shape index (κ3) is 8.42. The fourth-order valence-electron chi connectivity index (χ4n) is 12.6. The first-order chi connectivity index (χ1) is 36.5. The molecule has 0 radical (unpaired) electrons. The predicted octanol–water partition coefficient (Wildman–Crippen LogP) is 18.4. The van der Waals surface area contributed by atoms with Crippen LogP contribution in [-0.4, -0.2) is 6.71 Å². The molecule has 4 heteroatoms. The van der Waals surface area contributed by atoms with Crippen LogP contribution >= 0.6 is 0 Å². The summed E-state index contributed by atoms with van der Waals surface area (Å²) in [6.45, 7) is 32.6. The number of anilines is 9. The van der Waals surface area contributed by atoms with E-state index < -0.39 is 0 Å². The van der Waals surface area contributed by atoms with Crippen LogP contribution in [0.2, 0.25) is 0 Å². The van der Waals surface area contributed by atoms with Crippen molar-refractivity contribution in [2.75, 3.05) is 14.7 Å². The van der Waals surface area contributed by atoms with Crippen LogP contribution in [0.1, 0.15) is 130 Å². The van der Waals surface area contributed by atoms with Crippen LogP contribution in [0.25, 0.3) is 22.3 Å². The zero-order valence-electron chi connectivity index (χ0n) is 47.9. The highest BCUT2D eigenvalue weighted by Crippen LogP contribution is 2.53. The molecule has 3 nitrogen and oxygen atoms in total. The Hall–Kier alpha value is -7.56. The molecule has 0 fully saturated rings. The van der Waals surface area contributed by atoms with Crippen molar-refractivity contribution >= 4 is 74.3 Å². The van der Waals surface area contributed by atoms with E-state index in [1.165, 1.54) is 100 Å². The fraction of sp³-hybridized carbons (Fsp3) is 0.260. The lowest BCUT2D eigenvalue weighted by atomic mass is 9.33. The number of nitrogens with zero attached hydrogens (tertiary/aromatic N) is 3. The third-order valence-corrected chi connectivity index (χ3v) is 17.1. The first-order valence-electron chi connectivity index (χ1n) is 28.0. The number of fused-ring (bicyclic) bond motifs is 7. The highest BCUT2D eigenvalue weighted by atomic mass is 15.2. The Morgan fingerprint density at radius 1 is 0.364 bits per heavy atom. The van der Waals surface area contributed by atoms with Crippen LogP contribution in [0.4, 0.5) is 51.2 Å². The molecule has 0 saturated heterocycles. The average Bonchev–Trinajstić information content (AvgIpc) is 3.74. The number of hydrogen-bond donors (Lipinski definition) is 0. The van der Waals surface area contributed by atoms with Gasteiger partial charge in [0.15, 0.2) is 0 Å². The van der Waals surface area contributed by atoms with Crippen LogP contribution in [0.3, 0.4) is 0 Å². The van der Waals surface area contributed by atoms with Crippen LogP contribution in [-0.2, 0) is 27.1 Å². The van der Waals surface area contributed by atoms with Crippen molar-refractivity contribution in [3.8, 4) is 22.3 Å². The molecule has 384 valence electrons. The summed E-state index contributed by atoms with van der Waals surface area (Å²) in [5, 5.41) is 0. The largest absolute Gasteiger partial charge is 0.311 e. The molecule has 2 heterocycles. The first-order valence-corrected chi connectivity index (χ1v) is 28.0. The minimum Gasteiger partial charge on any atom is -0.311 e. The SMILES string of the molecule is CC(C)(C)c1ccc(-c2ccccc2N(c2ccccc2)c2ccc3c(c2)N(c2ccc4c(c2)-c2ccccc2C4(C)C)c2cc(C(C)(C)C)cc4c2B3c2cc(C(C)(C)C)ccc2N4c2ccc(C(C)(C)C)cc2)cc1. The van der Waals surface area contributed by atoms with Crippen molar-refractivity contribution < 1.29 is 0 Å². The topological polar surface area (TPSA) is 9.72 Å². The maximum absolute atomic E-state index is 2.64. The fourth-order valence-corrected chi connectivity index (χ4v) is 12.6. The molecule has 0 spiro atoms. The summed E-state index contributed by atoms with van der Waals surface area (Å²) in [5.74, 6) is 0. The molecular weight excluding hydrogens is 930 g/mol. The lowest BCUT2D eigenvalue weighted by Gasteiger charge is -2.46. The Balaban J connectivity index is 1.16. The van der Waals surface area contributed by atoms with Crippen LogP contribution in [0.5, 0.6) is 0 Å². The van der Waals surface area contributed by atoms with Crippen molar-refractivity contribution in [1.29, 1.82) is 0 Å². The second-order valence-electron chi connectivity index (χ2n) is 26.8. The van der Waals surface area contributed by atoms with Gasteiger partial charge in [0, 0.05) is 56.5 Å². The average molecular weight is 1000 g/mol. The van der Waals surface area contributed by atoms with E-state index in [1.807, 2.05) is 0 Å². The van der Waals surface area contributed by atoms with E-state index in [4.69, 9.17) is 0 Å². The van der Waals surface area contributed by atoms with E-state index in [9.17, 15) is 0 Å². The van der Waals surface area contributed by atoms with E-state index in [-0.39, 0.29) is 33.8 Å². The predicted molar refractivity (Wildman–Crippen MR) is 333 cm³/mol. The van der Waals surface area contributed by atoms with Gasteiger partial charge in [0.2, 0.25) is 0 Å². The van der Waals surface area contributed by atoms with Gasteiger partial charge in [0.25, 0.3) is 6.71 Å². The molecule has 0 aromatic heterocycles. The summed E-state index contributed by atoms with van der Waals surface area (Å²) in [4.78, 5) is 7.70. The molecule has 0 atom stereocenters. The molecule has 0 N–H and O–H groups in total. The van der Waals surface area contributed by atoms with Crippen molar-refractivity contribution in [1.82, 2.24) is 0 Å². The molecule has 9 aromatic carbocycles. The Morgan fingerprint density at radius 3 is 1.53 bits per heavy atom. The summed E-state index contributed by atoms with van der Waals surface area (Å²) >= 11 is 0. The molecule has 12 rings (SSSR count). The highest BCUT2D eigenvalue weighted by Gasteiger charge is 2.46. The standard InChI is InChI=1S/C73H74BN3/c1-69(2,3)48-30-28-47(29-31-48)56-24-19-21-27-63(56)75(52-22-16-15-17-23-52)55-38-40-61-65(46-55)77(54-37-39-60-58(45-54)57-25-18-20-26-59(57)73(60,13)14)67-44-51(72(10,11)12)43-66-68(67)74(61)62-42-50(71(7,8)9)34-41-64(62)76(66)53-35-32-49(33-36-53)70(4,5)6/h15-46H,1-14H3. The molecule has 0 bridgehead atoms. The lowest BCUT2D eigenvalue weighted by molar-refractivity contribution is 0.589. The minimum absolute atomic E-state index is 0.0287. The van der Waals surface area contributed by atoms with E-state index in [0.717, 1.165) is 22.7 Å². The Kier molecular flexibility index (Phi) is 11.6.